The van der Waals surface area contributed by atoms with Crippen LogP contribution in [-0.2, 0) is 19.7 Å². The van der Waals surface area contributed by atoms with Crippen LogP contribution < -0.4 is 0 Å². The highest BCUT2D eigenvalue weighted by atomic mass is 32.2. The molecule has 1 aromatic heterocycles. The summed E-state index contributed by atoms with van der Waals surface area (Å²) >= 11 is 1.38. The molecule has 1 saturated heterocycles. The van der Waals surface area contributed by atoms with Crippen LogP contribution >= 0.6 is 11.3 Å². The van der Waals surface area contributed by atoms with E-state index in [1.54, 1.807) is 11.0 Å². The molecule has 0 N–H and O–H groups in total. The summed E-state index contributed by atoms with van der Waals surface area (Å²) in [6.45, 7) is 1.83. The molecule has 3 rings (SSSR count). The third-order valence-electron chi connectivity index (χ3n) is 3.46. The summed E-state index contributed by atoms with van der Waals surface area (Å²) in [5.74, 6) is -0.321. The summed E-state index contributed by atoms with van der Waals surface area (Å²) in [4.78, 5) is 14.9. The van der Waals surface area contributed by atoms with E-state index in [1.807, 2.05) is 11.4 Å². The number of carbonyl (C=O) groups excluding carboxylic acids is 1. The Hall–Kier alpha value is -1.71. The van der Waals surface area contributed by atoms with Gasteiger partial charge in [-0.1, -0.05) is 6.07 Å². The molecule has 0 spiro atoms. The van der Waals surface area contributed by atoms with Crippen LogP contribution in [0.2, 0.25) is 0 Å². The van der Waals surface area contributed by atoms with Crippen molar-refractivity contribution < 1.29 is 17.9 Å². The lowest BCUT2D eigenvalue weighted by atomic mass is 10.2. The maximum absolute atomic E-state index is 12.6. The molecule has 22 heavy (non-hydrogen) atoms. The minimum Gasteiger partial charge on any atom is -0.378 e. The normalized spacial score (nSPS) is 21.3. The van der Waals surface area contributed by atoms with E-state index in [4.69, 9.17) is 4.74 Å². The molecule has 1 fully saturated rings. The second kappa shape index (κ2) is 5.82. The highest BCUT2D eigenvalue weighted by Gasteiger charge is 2.33. The van der Waals surface area contributed by atoms with Gasteiger partial charge in [-0.15, -0.1) is 15.7 Å². The first-order chi connectivity index (χ1) is 10.5. The number of allylic oxidation sites excluding steroid dienone is 1. The third kappa shape index (κ3) is 2.79. The molecule has 0 saturated carbocycles. The average molecular weight is 341 g/mol. The summed E-state index contributed by atoms with van der Waals surface area (Å²) in [7, 11) is -2.55. The molecular formula is C13H15N3O4S2. The fraction of sp³-hybridized carbons (Fsp3) is 0.385. The Morgan fingerprint density at radius 2 is 2.09 bits per heavy atom. The number of amides is 1. The molecule has 2 aliphatic rings. The van der Waals surface area contributed by atoms with Crippen molar-refractivity contribution in [2.75, 3.05) is 33.4 Å². The van der Waals surface area contributed by atoms with E-state index in [9.17, 15) is 13.2 Å². The molecule has 0 aliphatic carbocycles. The zero-order chi connectivity index (χ0) is 15.7. The van der Waals surface area contributed by atoms with Crippen LogP contribution in [0.15, 0.2) is 33.7 Å². The van der Waals surface area contributed by atoms with Crippen LogP contribution in [0.1, 0.15) is 4.88 Å². The molecule has 0 radical (unpaired) electrons. The minimum atomic E-state index is -3.89. The SMILES string of the molecule is CN1C(C(=O)N2CCOCC2)=CC(c2cccs2)=NS1(=O)=O. The minimum absolute atomic E-state index is 0.111. The zero-order valence-corrected chi connectivity index (χ0v) is 13.6. The van der Waals surface area contributed by atoms with Gasteiger partial charge < -0.3 is 9.64 Å². The third-order valence-corrected chi connectivity index (χ3v) is 5.67. The van der Waals surface area contributed by atoms with E-state index in [-0.39, 0.29) is 11.6 Å². The molecule has 1 amide bonds. The number of morpholine rings is 1. The molecule has 3 heterocycles. The number of carbonyl (C=O) groups is 1. The summed E-state index contributed by atoms with van der Waals surface area (Å²) in [5.41, 5.74) is 0.407. The van der Waals surface area contributed by atoms with Gasteiger partial charge in [-0.05, 0) is 17.5 Å². The molecule has 0 bridgehead atoms. The summed E-state index contributed by atoms with van der Waals surface area (Å²) in [5, 5.41) is 1.83. The number of hydrogen-bond donors (Lipinski definition) is 0. The first kappa shape index (κ1) is 15.2. The van der Waals surface area contributed by atoms with Gasteiger partial charge in [0.15, 0.2) is 0 Å². The van der Waals surface area contributed by atoms with Crippen molar-refractivity contribution in [1.82, 2.24) is 9.21 Å². The van der Waals surface area contributed by atoms with E-state index in [1.165, 1.54) is 24.5 Å². The van der Waals surface area contributed by atoms with Gasteiger partial charge in [0.25, 0.3) is 5.91 Å². The summed E-state index contributed by atoms with van der Waals surface area (Å²) < 4.78 is 34.3. The van der Waals surface area contributed by atoms with Gasteiger partial charge >= 0.3 is 10.2 Å². The number of ether oxygens (including phenoxy) is 1. The van der Waals surface area contributed by atoms with Crippen LogP contribution in [0.4, 0.5) is 0 Å². The van der Waals surface area contributed by atoms with Crippen molar-refractivity contribution in [3.05, 3.63) is 34.2 Å². The van der Waals surface area contributed by atoms with Crippen LogP contribution in [-0.4, -0.2) is 62.6 Å². The Labute approximate surface area is 132 Å². The number of likely N-dealkylation sites (N-methyl/N-ethyl adjacent to an activating group) is 1. The van der Waals surface area contributed by atoms with E-state index in [2.05, 4.69) is 4.40 Å². The Bertz CT molecular complexity index is 731. The van der Waals surface area contributed by atoms with Crippen LogP contribution in [0.3, 0.4) is 0 Å². The predicted octanol–water partition coefficient (Wildman–Crippen LogP) is 0.470. The van der Waals surface area contributed by atoms with Crippen LogP contribution in [0.5, 0.6) is 0 Å². The van der Waals surface area contributed by atoms with E-state index in [0.29, 0.717) is 36.9 Å². The lowest BCUT2D eigenvalue weighted by Crippen LogP contribution is -2.45. The molecule has 2 aliphatic heterocycles. The summed E-state index contributed by atoms with van der Waals surface area (Å²) in [6.07, 6.45) is 1.53. The van der Waals surface area contributed by atoms with Crippen molar-refractivity contribution >= 4 is 33.2 Å². The van der Waals surface area contributed by atoms with E-state index in [0.717, 1.165) is 4.31 Å². The Balaban J connectivity index is 1.97. The highest BCUT2D eigenvalue weighted by molar-refractivity contribution is 7.88. The van der Waals surface area contributed by atoms with E-state index < -0.39 is 10.2 Å². The molecule has 0 unspecified atom stereocenters. The molecule has 7 nitrogen and oxygen atoms in total. The second-order valence-corrected chi connectivity index (χ2v) is 7.41. The Morgan fingerprint density at radius 1 is 1.36 bits per heavy atom. The number of nitrogens with zero attached hydrogens (tertiary/aromatic N) is 3. The van der Waals surface area contributed by atoms with Crippen molar-refractivity contribution in [2.45, 2.75) is 0 Å². The van der Waals surface area contributed by atoms with Crippen LogP contribution in [0, 0.1) is 0 Å². The standard InChI is InChI=1S/C13H15N3O4S2/c1-15-11(13(17)16-4-6-20-7-5-16)9-10(14-22(15,18)19)12-3-2-8-21-12/h2-3,8-9H,4-7H2,1H3. The fourth-order valence-corrected chi connectivity index (χ4v) is 3.87. The predicted molar refractivity (Wildman–Crippen MR) is 83.0 cm³/mol. The van der Waals surface area contributed by atoms with Crippen molar-refractivity contribution in [1.29, 1.82) is 0 Å². The van der Waals surface area contributed by atoms with Crippen molar-refractivity contribution in [3.8, 4) is 0 Å². The zero-order valence-electron chi connectivity index (χ0n) is 11.9. The molecule has 9 heteroatoms. The maximum atomic E-state index is 12.6. The van der Waals surface area contributed by atoms with Gasteiger partial charge in [0.2, 0.25) is 0 Å². The van der Waals surface area contributed by atoms with Gasteiger partial charge in [0, 0.05) is 20.1 Å². The Morgan fingerprint density at radius 3 is 2.73 bits per heavy atom. The van der Waals surface area contributed by atoms with Gasteiger partial charge in [0.1, 0.15) is 5.70 Å². The van der Waals surface area contributed by atoms with E-state index >= 15 is 0 Å². The average Bonchev–Trinajstić information content (AvgIpc) is 3.04. The smallest absolute Gasteiger partial charge is 0.345 e. The largest absolute Gasteiger partial charge is 0.378 e. The molecular weight excluding hydrogens is 326 g/mol. The van der Waals surface area contributed by atoms with Gasteiger partial charge in [-0.2, -0.15) is 8.42 Å². The first-order valence-electron chi connectivity index (χ1n) is 6.70. The molecule has 0 aromatic carbocycles. The van der Waals surface area contributed by atoms with Crippen molar-refractivity contribution in [3.63, 3.8) is 0 Å². The summed E-state index contributed by atoms with van der Waals surface area (Å²) in [6, 6.07) is 3.59. The number of rotatable bonds is 2. The molecule has 0 atom stereocenters. The molecule has 1 aromatic rings. The van der Waals surface area contributed by atoms with Crippen molar-refractivity contribution in [2.24, 2.45) is 4.40 Å². The lowest BCUT2D eigenvalue weighted by molar-refractivity contribution is -0.132. The number of hydrogen-bond acceptors (Lipinski definition) is 5. The fourth-order valence-electron chi connectivity index (χ4n) is 2.22. The monoisotopic (exact) mass is 341 g/mol. The second-order valence-electron chi connectivity index (χ2n) is 4.83. The quantitative estimate of drug-likeness (QED) is 0.783. The first-order valence-corrected chi connectivity index (χ1v) is 8.98. The molecule has 118 valence electrons. The topological polar surface area (TPSA) is 79.3 Å². The van der Waals surface area contributed by atoms with Crippen LogP contribution in [0.25, 0.3) is 0 Å². The van der Waals surface area contributed by atoms with Gasteiger partial charge in [0.05, 0.1) is 23.8 Å². The van der Waals surface area contributed by atoms with Gasteiger partial charge in [-0.3, -0.25) is 4.79 Å². The van der Waals surface area contributed by atoms with Gasteiger partial charge in [-0.25, -0.2) is 4.31 Å². The number of thiophene rings is 1. The highest BCUT2D eigenvalue weighted by Crippen LogP contribution is 2.23. The lowest BCUT2D eigenvalue weighted by Gasteiger charge is -2.31. The maximum Gasteiger partial charge on any atom is 0.345 e. The Kier molecular flexibility index (Phi) is 4.02.